The van der Waals surface area contributed by atoms with Crippen molar-refractivity contribution >= 4 is 22.8 Å². The van der Waals surface area contributed by atoms with Gasteiger partial charge in [0.15, 0.2) is 5.58 Å². The van der Waals surface area contributed by atoms with E-state index in [2.05, 4.69) is 10.3 Å². The third-order valence-electron chi connectivity index (χ3n) is 3.40. The molecule has 1 aliphatic carbocycles. The molecule has 5 heteroatoms. The maximum Gasteiger partial charge on any atom is 0.296 e. The fourth-order valence-corrected chi connectivity index (χ4v) is 2.15. The van der Waals surface area contributed by atoms with Crippen molar-refractivity contribution in [1.29, 1.82) is 0 Å². The van der Waals surface area contributed by atoms with E-state index in [9.17, 15) is 5.11 Å². The van der Waals surface area contributed by atoms with Crippen molar-refractivity contribution in [1.82, 2.24) is 4.98 Å². The highest BCUT2D eigenvalue weighted by molar-refractivity contribution is 5.78. The summed E-state index contributed by atoms with van der Waals surface area (Å²) in [7, 11) is 0. The van der Waals surface area contributed by atoms with Gasteiger partial charge in [-0.1, -0.05) is 0 Å². The van der Waals surface area contributed by atoms with Gasteiger partial charge in [0.25, 0.3) is 6.01 Å². The van der Waals surface area contributed by atoms with Gasteiger partial charge in [0.2, 0.25) is 0 Å². The molecule has 1 heterocycles. The van der Waals surface area contributed by atoms with E-state index in [-0.39, 0.29) is 12.1 Å². The minimum atomic E-state index is -0.244. The number of rotatable bonds is 3. The highest BCUT2D eigenvalue weighted by Gasteiger charge is 2.37. The van der Waals surface area contributed by atoms with Crippen LogP contribution in [0.3, 0.4) is 0 Å². The van der Waals surface area contributed by atoms with Crippen molar-refractivity contribution in [3.8, 4) is 0 Å². The highest BCUT2D eigenvalue weighted by Crippen LogP contribution is 2.35. The molecule has 90 valence electrons. The van der Waals surface area contributed by atoms with Crippen molar-refractivity contribution in [3.63, 3.8) is 0 Å². The van der Waals surface area contributed by atoms with E-state index in [0.717, 1.165) is 24.8 Å². The Morgan fingerprint density at radius 3 is 2.94 bits per heavy atom. The van der Waals surface area contributed by atoms with E-state index in [0.29, 0.717) is 17.3 Å². The first-order valence-corrected chi connectivity index (χ1v) is 5.76. The summed E-state index contributed by atoms with van der Waals surface area (Å²) in [6, 6.07) is 5.81. The largest absolute Gasteiger partial charge is 0.424 e. The summed E-state index contributed by atoms with van der Waals surface area (Å²) < 4.78 is 5.57. The van der Waals surface area contributed by atoms with Crippen LogP contribution in [0.5, 0.6) is 0 Å². The second-order valence-electron chi connectivity index (χ2n) is 4.66. The molecule has 2 aromatic rings. The number of oxazole rings is 1. The van der Waals surface area contributed by atoms with Crippen molar-refractivity contribution in [2.75, 3.05) is 17.7 Å². The summed E-state index contributed by atoms with van der Waals surface area (Å²) in [4.78, 5) is 4.32. The first-order chi connectivity index (χ1) is 8.21. The Balaban J connectivity index is 1.90. The average Bonchev–Trinajstić information content (AvgIpc) is 2.65. The Morgan fingerprint density at radius 2 is 2.29 bits per heavy atom. The molecule has 0 aliphatic heterocycles. The number of anilines is 2. The first-order valence-electron chi connectivity index (χ1n) is 5.76. The van der Waals surface area contributed by atoms with Gasteiger partial charge in [-0.15, -0.1) is 0 Å². The Kier molecular flexibility index (Phi) is 2.22. The highest BCUT2D eigenvalue weighted by atomic mass is 16.4. The third kappa shape index (κ3) is 1.72. The Labute approximate surface area is 98.6 Å². The van der Waals surface area contributed by atoms with Gasteiger partial charge in [-0.3, -0.25) is 0 Å². The monoisotopic (exact) mass is 233 g/mol. The topological polar surface area (TPSA) is 84.3 Å². The van der Waals surface area contributed by atoms with Gasteiger partial charge in [-0.25, -0.2) is 0 Å². The number of hydrogen-bond donors (Lipinski definition) is 3. The maximum atomic E-state index is 9.36. The summed E-state index contributed by atoms with van der Waals surface area (Å²) in [5.41, 5.74) is 7.54. The molecule has 0 saturated heterocycles. The second kappa shape index (κ2) is 3.63. The van der Waals surface area contributed by atoms with Crippen LogP contribution in [0, 0.1) is 0 Å². The molecule has 0 unspecified atom stereocenters. The second-order valence-corrected chi connectivity index (χ2v) is 4.66. The number of nitrogens with one attached hydrogen (secondary N) is 1. The zero-order chi connectivity index (χ0) is 11.9. The predicted octanol–water partition coefficient (Wildman–Crippen LogP) is 1.74. The molecular weight excluding hydrogens is 218 g/mol. The lowest BCUT2D eigenvalue weighted by molar-refractivity contribution is 0.141. The number of fused-ring (bicyclic) bond motifs is 1. The number of nitrogen functional groups attached to an aromatic ring is 1. The molecule has 1 aromatic carbocycles. The molecule has 1 saturated carbocycles. The van der Waals surface area contributed by atoms with E-state index in [1.54, 1.807) is 18.2 Å². The smallest absolute Gasteiger partial charge is 0.296 e. The fraction of sp³-hybridized carbons (Fsp3) is 0.417. The fourth-order valence-electron chi connectivity index (χ4n) is 2.15. The van der Waals surface area contributed by atoms with Gasteiger partial charge in [-0.2, -0.15) is 4.98 Å². The van der Waals surface area contributed by atoms with Crippen LogP contribution in [0.25, 0.3) is 11.1 Å². The van der Waals surface area contributed by atoms with E-state index in [4.69, 9.17) is 10.2 Å². The van der Waals surface area contributed by atoms with Crippen LogP contribution in [0.2, 0.25) is 0 Å². The first kappa shape index (κ1) is 10.4. The van der Waals surface area contributed by atoms with E-state index >= 15 is 0 Å². The van der Waals surface area contributed by atoms with Crippen LogP contribution in [0.15, 0.2) is 22.6 Å². The number of aliphatic hydroxyl groups is 1. The van der Waals surface area contributed by atoms with Gasteiger partial charge in [-0.05, 0) is 37.5 Å². The Morgan fingerprint density at radius 1 is 1.47 bits per heavy atom. The van der Waals surface area contributed by atoms with Crippen molar-refractivity contribution in [2.45, 2.75) is 24.8 Å². The number of aromatic nitrogens is 1. The maximum absolute atomic E-state index is 9.36. The number of hydrogen-bond acceptors (Lipinski definition) is 5. The molecule has 0 amide bonds. The minimum Gasteiger partial charge on any atom is -0.424 e. The molecule has 0 bridgehead atoms. The van der Waals surface area contributed by atoms with Crippen LogP contribution in [0.4, 0.5) is 11.7 Å². The normalized spacial score (nSPS) is 17.9. The zero-order valence-electron chi connectivity index (χ0n) is 9.44. The van der Waals surface area contributed by atoms with Crippen molar-refractivity contribution < 1.29 is 9.52 Å². The Hall–Kier alpha value is -1.75. The average molecular weight is 233 g/mol. The van der Waals surface area contributed by atoms with E-state index in [1.807, 2.05) is 0 Å². The van der Waals surface area contributed by atoms with Crippen LogP contribution in [-0.4, -0.2) is 22.2 Å². The van der Waals surface area contributed by atoms with Crippen LogP contribution < -0.4 is 11.1 Å². The quantitative estimate of drug-likeness (QED) is 0.703. The van der Waals surface area contributed by atoms with Crippen molar-refractivity contribution in [3.05, 3.63) is 18.2 Å². The lowest BCUT2D eigenvalue weighted by Crippen LogP contribution is -2.48. The van der Waals surface area contributed by atoms with Gasteiger partial charge in [0.05, 0.1) is 12.1 Å². The molecule has 17 heavy (non-hydrogen) atoms. The SMILES string of the molecule is Nc1ccc2oc(NC3(CO)CCC3)nc2c1. The molecule has 4 N–H and O–H groups in total. The molecule has 3 rings (SSSR count). The van der Waals surface area contributed by atoms with E-state index in [1.165, 1.54) is 0 Å². The number of nitrogens with two attached hydrogens (primary N) is 1. The lowest BCUT2D eigenvalue weighted by atomic mass is 9.77. The number of benzene rings is 1. The summed E-state index contributed by atoms with van der Waals surface area (Å²) in [6.45, 7) is 0.105. The molecule has 0 spiro atoms. The van der Waals surface area contributed by atoms with E-state index < -0.39 is 0 Å². The summed E-state index contributed by atoms with van der Waals surface area (Å²) in [5, 5.41) is 12.5. The van der Waals surface area contributed by atoms with Crippen LogP contribution in [-0.2, 0) is 0 Å². The third-order valence-corrected chi connectivity index (χ3v) is 3.40. The summed E-state index contributed by atoms with van der Waals surface area (Å²) in [6.07, 6.45) is 3.02. The zero-order valence-corrected chi connectivity index (χ0v) is 9.44. The van der Waals surface area contributed by atoms with Crippen LogP contribution in [0.1, 0.15) is 19.3 Å². The predicted molar refractivity (Wildman–Crippen MR) is 65.7 cm³/mol. The van der Waals surface area contributed by atoms with Crippen LogP contribution >= 0.6 is 0 Å². The molecule has 1 fully saturated rings. The minimum absolute atomic E-state index is 0.105. The molecule has 1 aromatic heterocycles. The number of aliphatic hydroxyl groups excluding tert-OH is 1. The van der Waals surface area contributed by atoms with Crippen molar-refractivity contribution in [2.24, 2.45) is 0 Å². The van der Waals surface area contributed by atoms with Gasteiger partial charge >= 0.3 is 0 Å². The van der Waals surface area contributed by atoms with Gasteiger partial charge < -0.3 is 20.6 Å². The lowest BCUT2D eigenvalue weighted by Gasteiger charge is -2.40. The standard InChI is InChI=1S/C12H15N3O2/c13-8-2-3-10-9(6-8)14-11(17-10)15-12(7-16)4-1-5-12/h2-3,6,16H,1,4-5,7,13H2,(H,14,15). The summed E-state index contributed by atoms with van der Waals surface area (Å²) >= 11 is 0. The summed E-state index contributed by atoms with van der Waals surface area (Å²) in [5.74, 6) is 0. The molecule has 0 atom stereocenters. The number of nitrogens with zero attached hydrogens (tertiary/aromatic N) is 1. The van der Waals surface area contributed by atoms with Gasteiger partial charge in [0, 0.05) is 5.69 Å². The molecule has 1 aliphatic rings. The molecule has 5 nitrogen and oxygen atoms in total. The Bertz CT molecular complexity index is 540. The molecular formula is C12H15N3O2. The molecule has 0 radical (unpaired) electrons. The van der Waals surface area contributed by atoms with Gasteiger partial charge in [0.1, 0.15) is 5.52 Å².